The van der Waals surface area contributed by atoms with E-state index in [4.69, 9.17) is 0 Å². The number of pyridine rings is 1. The van der Waals surface area contributed by atoms with E-state index in [9.17, 15) is 4.79 Å². The first kappa shape index (κ1) is 17.7. The Morgan fingerprint density at radius 2 is 1.92 bits per heavy atom. The summed E-state index contributed by atoms with van der Waals surface area (Å²) in [5, 5.41) is 10.1. The third-order valence-electron chi connectivity index (χ3n) is 4.04. The lowest BCUT2D eigenvalue weighted by atomic mass is 10.1. The topological polar surface area (TPSA) is 71.8 Å². The molecule has 1 unspecified atom stereocenters. The van der Waals surface area contributed by atoms with Crippen LogP contribution in [0.5, 0.6) is 0 Å². The normalized spacial score (nSPS) is 11.7. The third kappa shape index (κ3) is 5.44. The first-order valence-corrected chi connectivity index (χ1v) is 8.73. The largest absolute Gasteiger partial charge is 0.335 e. The van der Waals surface area contributed by atoms with Crippen LogP contribution >= 0.6 is 0 Å². The number of carbonyl (C=O) groups is 1. The number of hydrogen-bond donors (Lipinski definition) is 2. The van der Waals surface area contributed by atoms with Gasteiger partial charge in [-0.2, -0.15) is 5.10 Å². The molecule has 0 fully saturated rings. The summed E-state index contributed by atoms with van der Waals surface area (Å²) >= 11 is 0. The predicted molar refractivity (Wildman–Crippen MR) is 102 cm³/mol. The van der Waals surface area contributed by atoms with Gasteiger partial charge in [-0.25, -0.2) is 4.79 Å². The zero-order valence-corrected chi connectivity index (χ0v) is 14.8. The Labute approximate surface area is 153 Å². The van der Waals surface area contributed by atoms with Gasteiger partial charge in [0.2, 0.25) is 0 Å². The molecule has 134 valence electrons. The molecule has 0 saturated carbocycles. The number of carbonyl (C=O) groups excluding carboxylic acids is 1. The fraction of sp³-hybridized carbons (Fsp3) is 0.250. The third-order valence-corrected chi connectivity index (χ3v) is 4.04. The van der Waals surface area contributed by atoms with Gasteiger partial charge in [-0.1, -0.05) is 36.4 Å². The average Bonchev–Trinajstić information content (AvgIpc) is 3.08. The Morgan fingerprint density at radius 3 is 2.69 bits per heavy atom. The van der Waals surface area contributed by atoms with Gasteiger partial charge in [0.15, 0.2) is 5.82 Å². The molecule has 0 radical (unpaired) electrons. The van der Waals surface area contributed by atoms with Crippen molar-refractivity contribution in [3.8, 4) is 0 Å². The Balaban J connectivity index is 1.44. The van der Waals surface area contributed by atoms with E-state index in [1.165, 1.54) is 5.56 Å². The van der Waals surface area contributed by atoms with Gasteiger partial charge in [-0.05, 0) is 37.0 Å². The lowest BCUT2D eigenvalue weighted by Crippen LogP contribution is -2.36. The van der Waals surface area contributed by atoms with Crippen LogP contribution in [-0.4, -0.2) is 26.8 Å². The van der Waals surface area contributed by atoms with Gasteiger partial charge in [-0.3, -0.25) is 15.0 Å². The van der Waals surface area contributed by atoms with Gasteiger partial charge in [0.05, 0.1) is 6.54 Å². The molecular weight excluding hydrogens is 326 g/mol. The second-order valence-corrected chi connectivity index (χ2v) is 6.28. The van der Waals surface area contributed by atoms with Crippen molar-refractivity contribution in [3.63, 3.8) is 0 Å². The number of aryl methyl sites for hydroxylation is 1. The number of rotatable bonds is 7. The summed E-state index contributed by atoms with van der Waals surface area (Å²) in [6, 6.07) is 15.8. The summed E-state index contributed by atoms with van der Waals surface area (Å²) in [6.45, 7) is 2.62. The number of benzene rings is 1. The number of hydrogen-bond acceptors (Lipinski definition) is 3. The molecule has 2 heterocycles. The smallest absolute Gasteiger partial charge is 0.320 e. The van der Waals surface area contributed by atoms with Crippen molar-refractivity contribution in [3.05, 3.63) is 78.2 Å². The first-order chi connectivity index (χ1) is 12.7. The summed E-state index contributed by atoms with van der Waals surface area (Å²) in [5.74, 6) is 0.529. The van der Waals surface area contributed by atoms with Crippen LogP contribution in [0.4, 0.5) is 10.6 Å². The highest BCUT2D eigenvalue weighted by Gasteiger charge is 2.09. The van der Waals surface area contributed by atoms with Gasteiger partial charge >= 0.3 is 6.03 Å². The number of urea groups is 1. The highest BCUT2D eigenvalue weighted by Crippen LogP contribution is 2.07. The summed E-state index contributed by atoms with van der Waals surface area (Å²) < 4.78 is 1.77. The van der Waals surface area contributed by atoms with E-state index in [2.05, 4.69) is 32.8 Å². The summed E-state index contributed by atoms with van der Waals surface area (Å²) in [4.78, 5) is 16.2. The van der Waals surface area contributed by atoms with E-state index in [1.807, 2.05) is 43.5 Å². The number of anilines is 1. The standard InChI is InChI=1S/C20H23N5O/c1-16(9-10-17-6-3-2-4-7-17)22-20(26)23-19-11-13-25(24-19)15-18-8-5-12-21-14-18/h2-8,11-14,16H,9-10,15H2,1H3,(H2,22,23,24,26). The van der Waals surface area contributed by atoms with Gasteiger partial charge in [-0.15, -0.1) is 0 Å². The molecule has 2 amide bonds. The van der Waals surface area contributed by atoms with E-state index in [-0.39, 0.29) is 12.1 Å². The zero-order chi connectivity index (χ0) is 18.2. The van der Waals surface area contributed by atoms with Crippen LogP contribution in [0.25, 0.3) is 0 Å². The van der Waals surface area contributed by atoms with Crippen LogP contribution in [0.3, 0.4) is 0 Å². The molecule has 6 nitrogen and oxygen atoms in total. The van der Waals surface area contributed by atoms with Crippen molar-refractivity contribution in [2.24, 2.45) is 0 Å². The van der Waals surface area contributed by atoms with E-state index in [0.29, 0.717) is 12.4 Å². The Hall–Kier alpha value is -3.15. The molecule has 6 heteroatoms. The second kappa shape index (κ2) is 8.80. The highest BCUT2D eigenvalue weighted by atomic mass is 16.2. The molecule has 0 aliphatic heterocycles. The summed E-state index contributed by atoms with van der Waals surface area (Å²) in [5.41, 5.74) is 2.33. The Bertz CT molecular complexity index is 816. The minimum atomic E-state index is -0.239. The molecule has 2 N–H and O–H groups in total. The average molecular weight is 349 g/mol. The molecule has 26 heavy (non-hydrogen) atoms. The van der Waals surface area contributed by atoms with Crippen LogP contribution in [0.15, 0.2) is 67.1 Å². The molecule has 3 rings (SSSR count). The van der Waals surface area contributed by atoms with Crippen molar-refractivity contribution in [2.75, 3.05) is 5.32 Å². The van der Waals surface area contributed by atoms with Crippen molar-refractivity contribution >= 4 is 11.8 Å². The highest BCUT2D eigenvalue weighted by molar-refractivity contribution is 5.88. The van der Waals surface area contributed by atoms with Crippen molar-refractivity contribution in [1.82, 2.24) is 20.1 Å². The number of nitrogens with one attached hydrogen (secondary N) is 2. The fourth-order valence-corrected chi connectivity index (χ4v) is 2.67. The molecule has 2 aromatic heterocycles. The van der Waals surface area contributed by atoms with Crippen molar-refractivity contribution in [1.29, 1.82) is 0 Å². The van der Waals surface area contributed by atoms with E-state index >= 15 is 0 Å². The van der Waals surface area contributed by atoms with Gasteiger partial charge in [0.25, 0.3) is 0 Å². The molecule has 0 aliphatic carbocycles. The second-order valence-electron chi connectivity index (χ2n) is 6.28. The lowest BCUT2D eigenvalue weighted by Gasteiger charge is -2.14. The maximum absolute atomic E-state index is 12.1. The van der Waals surface area contributed by atoms with E-state index in [1.54, 1.807) is 23.1 Å². The molecule has 1 atom stereocenters. The first-order valence-electron chi connectivity index (χ1n) is 8.73. The molecule has 0 saturated heterocycles. The van der Waals surface area contributed by atoms with E-state index in [0.717, 1.165) is 18.4 Å². The summed E-state index contributed by atoms with van der Waals surface area (Å²) in [6.07, 6.45) is 7.19. The Morgan fingerprint density at radius 1 is 1.12 bits per heavy atom. The van der Waals surface area contributed by atoms with Crippen LogP contribution in [0.2, 0.25) is 0 Å². The lowest BCUT2D eigenvalue weighted by molar-refractivity contribution is 0.248. The molecular formula is C20H23N5O. The minimum Gasteiger partial charge on any atom is -0.335 e. The SMILES string of the molecule is CC(CCc1ccccc1)NC(=O)Nc1ccn(Cc2cccnc2)n1. The van der Waals surface area contributed by atoms with Gasteiger partial charge < -0.3 is 5.32 Å². The minimum absolute atomic E-state index is 0.0766. The van der Waals surface area contributed by atoms with Crippen LogP contribution in [0, 0.1) is 0 Å². The summed E-state index contributed by atoms with van der Waals surface area (Å²) in [7, 11) is 0. The molecule has 0 spiro atoms. The van der Waals surface area contributed by atoms with Gasteiger partial charge in [0, 0.05) is 30.7 Å². The maximum atomic E-state index is 12.1. The van der Waals surface area contributed by atoms with Crippen LogP contribution < -0.4 is 10.6 Å². The number of aromatic nitrogens is 3. The zero-order valence-electron chi connectivity index (χ0n) is 14.8. The fourth-order valence-electron chi connectivity index (χ4n) is 2.67. The quantitative estimate of drug-likeness (QED) is 0.686. The Kier molecular flexibility index (Phi) is 5.98. The predicted octanol–water partition coefficient (Wildman–Crippen LogP) is 3.47. The molecule has 1 aromatic carbocycles. The molecule has 0 aliphatic rings. The van der Waals surface area contributed by atoms with E-state index < -0.39 is 0 Å². The molecule has 3 aromatic rings. The maximum Gasteiger partial charge on any atom is 0.320 e. The number of amides is 2. The van der Waals surface area contributed by atoms with Crippen molar-refractivity contribution in [2.45, 2.75) is 32.4 Å². The van der Waals surface area contributed by atoms with Crippen LogP contribution in [-0.2, 0) is 13.0 Å². The monoisotopic (exact) mass is 349 g/mol. The molecule has 0 bridgehead atoms. The van der Waals surface area contributed by atoms with Gasteiger partial charge in [0.1, 0.15) is 0 Å². The van der Waals surface area contributed by atoms with Crippen molar-refractivity contribution < 1.29 is 4.79 Å². The number of nitrogens with zero attached hydrogens (tertiary/aromatic N) is 3. The van der Waals surface area contributed by atoms with Crippen LogP contribution in [0.1, 0.15) is 24.5 Å².